The number of carbonyl (C=O) groups excluding carboxylic acids is 3. The normalized spacial score (nSPS) is 20.8. The lowest BCUT2D eigenvalue weighted by Crippen LogP contribution is -2.54. The Hall–Kier alpha value is -4.19. The Labute approximate surface area is 232 Å². The molecule has 3 aliphatic rings. The fourth-order valence-electron chi connectivity index (χ4n) is 5.64. The Kier molecular flexibility index (Phi) is 8.15. The lowest BCUT2D eigenvalue weighted by Gasteiger charge is -2.40. The molecular weight excluding hydrogens is 514 g/mol. The number of hydrogen-bond acceptors (Lipinski definition) is 8. The van der Waals surface area contributed by atoms with Gasteiger partial charge in [0, 0.05) is 64.1 Å². The molecule has 1 aromatic heterocycles. The number of piperidine rings is 2. The van der Waals surface area contributed by atoms with E-state index in [1.807, 2.05) is 18.2 Å². The van der Waals surface area contributed by atoms with E-state index in [2.05, 4.69) is 25.3 Å². The molecule has 2 aromatic rings. The minimum absolute atomic E-state index is 0.0105. The predicted octanol–water partition coefficient (Wildman–Crippen LogP) is 1.07. The third-order valence-corrected chi connectivity index (χ3v) is 8.04. The number of rotatable bonds is 6. The van der Waals surface area contributed by atoms with Crippen LogP contribution in [0.15, 0.2) is 42.6 Å². The van der Waals surface area contributed by atoms with Crippen LogP contribution < -0.4 is 25.9 Å². The number of nitrogens with one attached hydrogen (secondary N) is 3. The fraction of sp³-hybridized carbons (Fsp3) is 0.464. The first kappa shape index (κ1) is 27.4. The molecule has 12 heteroatoms. The number of anilines is 2. The number of carbonyl (C=O) groups is 4. The van der Waals surface area contributed by atoms with E-state index in [9.17, 15) is 19.2 Å². The van der Waals surface area contributed by atoms with Crippen LogP contribution in [0.3, 0.4) is 0 Å². The molecule has 212 valence electrons. The summed E-state index contributed by atoms with van der Waals surface area (Å²) in [6.45, 7) is 6.38. The Balaban J connectivity index is 1.10. The summed E-state index contributed by atoms with van der Waals surface area (Å²) in [6.07, 6.45) is 4.23. The summed E-state index contributed by atoms with van der Waals surface area (Å²) < 4.78 is 1.20. The minimum Gasteiger partial charge on any atom is -0.478 e. The third kappa shape index (κ3) is 6.33. The largest absolute Gasteiger partial charge is 0.478 e. The number of imide groups is 1. The number of piperazine rings is 1. The molecule has 3 amide bonds. The summed E-state index contributed by atoms with van der Waals surface area (Å²) in [6, 6.07) is 9.15. The Morgan fingerprint density at radius 2 is 1.55 bits per heavy atom. The van der Waals surface area contributed by atoms with Crippen LogP contribution in [0, 0.1) is 11.3 Å². The van der Waals surface area contributed by atoms with Gasteiger partial charge in [-0.1, -0.05) is 0 Å². The van der Waals surface area contributed by atoms with E-state index in [1.54, 1.807) is 24.4 Å². The van der Waals surface area contributed by atoms with Crippen molar-refractivity contribution >= 4 is 35.2 Å². The number of pyridine rings is 1. The highest BCUT2D eigenvalue weighted by molar-refractivity contribution is 6.01. The van der Waals surface area contributed by atoms with Crippen LogP contribution in [0.2, 0.25) is 0 Å². The smallest absolute Gasteiger partial charge is 0.335 e. The van der Waals surface area contributed by atoms with E-state index in [0.29, 0.717) is 11.5 Å². The molecule has 4 heterocycles. The van der Waals surface area contributed by atoms with E-state index in [-0.39, 0.29) is 24.2 Å². The van der Waals surface area contributed by atoms with Crippen LogP contribution in [-0.4, -0.2) is 90.2 Å². The maximum Gasteiger partial charge on any atom is 0.335 e. The van der Waals surface area contributed by atoms with Gasteiger partial charge in [-0.15, -0.1) is 0 Å². The maximum atomic E-state index is 12.8. The second kappa shape index (κ2) is 11.9. The molecule has 40 heavy (non-hydrogen) atoms. The van der Waals surface area contributed by atoms with Gasteiger partial charge < -0.3 is 20.2 Å². The highest BCUT2D eigenvalue weighted by Crippen LogP contribution is 2.25. The van der Waals surface area contributed by atoms with Crippen LogP contribution in [0.4, 0.5) is 16.2 Å². The topological polar surface area (TPSA) is 151 Å². The molecule has 0 aliphatic carbocycles. The van der Waals surface area contributed by atoms with Gasteiger partial charge in [0.15, 0.2) is 0 Å². The van der Waals surface area contributed by atoms with Gasteiger partial charge in [0.1, 0.15) is 11.5 Å². The van der Waals surface area contributed by atoms with Crippen molar-refractivity contribution in [1.82, 2.24) is 20.1 Å². The van der Waals surface area contributed by atoms with Crippen molar-refractivity contribution in [1.29, 1.82) is 5.41 Å². The molecule has 1 atom stereocenters. The summed E-state index contributed by atoms with van der Waals surface area (Å²) >= 11 is 0. The number of nitrogens with zero attached hydrogens (tertiary/aromatic N) is 4. The Morgan fingerprint density at radius 3 is 2.20 bits per heavy atom. The summed E-state index contributed by atoms with van der Waals surface area (Å²) in [5.41, 5.74) is 2.23. The van der Waals surface area contributed by atoms with Crippen molar-refractivity contribution in [2.75, 3.05) is 55.6 Å². The number of aromatic nitrogens is 1. The first-order valence-corrected chi connectivity index (χ1v) is 13.7. The maximum absolute atomic E-state index is 12.8. The molecule has 12 nitrogen and oxygen atoms in total. The summed E-state index contributed by atoms with van der Waals surface area (Å²) in [5.74, 6) is -1.17. The lowest BCUT2D eigenvalue weighted by molar-refractivity contribution is -0.134. The Morgan fingerprint density at radius 1 is 0.900 bits per heavy atom. The molecule has 0 spiro atoms. The van der Waals surface area contributed by atoms with Crippen molar-refractivity contribution in [3.8, 4) is 0 Å². The highest BCUT2D eigenvalue weighted by Gasteiger charge is 2.29. The average Bonchev–Trinajstić information content (AvgIpc) is 2.96. The van der Waals surface area contributed by atoms with Gasteiger partial charge in [0.05, 0.1) is 11.3 Å². The number of carboxylic acid groups (broad SMARTS) is 1. The van der Waals surface area contributed by atoms with E-state index < -0.39 is 23.9 Å². The second-order valence-electron chi connectivity index (χ2n) is 10.7. The molecule has 4 N–H and O–H groups in total. The average molecular weight is 550 g/mol. The van der Waals surface area contributed by atoms with E-state index in [0.717, 1.165) is 70.0 Å². The first-order valence-electron chi connectivity index (χ1n) is 13.7. The van der Waals surface area contributed by atoms with Crippen molar-refractivity contribution in [2.45, 2.75) is 31.7 Å². The third-order valence-electron chi connectivity index (χ3n) is 8.04. The van der Waals surface area contributed by atoms with Gasteiger partial charge in [-0.2, -0.15) is 0 Å². The molecule has 0 saturated carbocycles. The highest BCUT2D eigenvalue weighted by atomic mass is 16.4. The fourth-order valence-corrected chi connectivity index (χ4v) is 5.64. The van der Waals surface area contributed by atoms with Crippen molar-refractivity contribution < 1.29 is 24.3 Å². The van der Waals surface area contributed by atoms with Crippen LogP contribution >= 0.6 is 0 Å². The Bertz CT molecular complexity index is 1330. The van der Waals surface area contributed by atoms with Gasteiger partial charge in [0.2, 0.25) is 11.8 Å². The molecule has 3 aliphatic heterocycles. The summed E-state index contributed by atoms with van der Waals surface area (Å²) in [7, 11) is 0. The predicted molar refractivity (Wildman–Crippen MR) is 147 cm³/mol. The molecule has 1 aromatic carbocycles. The van der Waals surface area contributed by atoms with Crippen LogP contribution in [0.25, 0.3) is 0 Å². The number of benzene rings is 1. The summed E-state index contributed by atoms with van der Waals surface area (Å²) in [4.78, 5) is 54.3. The SMILES string of the molecule is N=c1ccc(N2CCN(CC3CCN(c4ccc(C(=O)O)cc4)CC3)CC2)cn1C(=O)NC1CCC(=O)NC1=O. The number of aromatic carboxylic acids is 1. The molecular formula is C28H35N7O5. The molecule has 1 unspecified atom stereocenters. The number of amides is 3. The number of hydrogen-bond donors (Lipinski definition) is 4. The molecule has 5 rings (SSSR count). The molecule has 0 radical (unpaired) electrons. The van der Waals surface area contributed by atoms with Crippen LogP contribution in [-0.2, 0) is 9.59 Å². The van der Waals surface area contributed by atoms with Crippen molar-refractivity contribution in [3.05, 3.63) is 53.6 Å². The van der Waals surface area contributed by atoms with Crippen LogP contribution in [0.1, 0.15) is 36.0 Å². The van der Waals surface area contributed by atoms with E-state index in [1.165, 1.54) is 4.57 Å². The monoisotopic (exact) mass is 549 g/mol. The standard InChI is InChI=1S/C28H35N7O5/c29-24-7-5-22(18-35(24)28(40)30-23-6-8-25(36)31-26(23)37)34-15-13-32(14-16-34)17-19-9-11-33(12-10-19)21-3-1-20(2-4-21)27(38)39/h1-5,7,18-19,23,29H,6,8-17H2,(H,30,40)(H,38,39)(H,31,36,37). The van der Waals surface area contributed by atoms with Crippen molar-refractivity contribution in [2.24, 2.45) is 5.92 Å². The van der Waals surface area contributed by atoms with E-state index in [4.69, 9.17) is 10.5 Å². The zero-order chi connectivity index (χ0) is 28.2. The second-order valence-corrected chi connectivity index (χ2v) is 10.7. The number of carboxylic acids is 1. The summed E-state index contributed by atoms with van der Waals surface area (Å²) in [5, 5.41) is 22.1. The lowest BCUT2D eigenvalue weighted by atomic mass is 9.95. The minimum atomic E-state index is -0.909. The zero-order valence-electron chi connectivity index (χ0n) is 22.3. The van der Waals surface area contributed by atoms with Crippen LogP contribution in [0.5, 0.6) is 0 Å². The van der Waals surface area contributed by atoms with Gasteiger partial charge >= 0.3 is 12.0 Å². The van der Waals surface area contributed by atoms with Gasteiger partial charge in [0.25, 0.3) is 0 Å². The molecule has 3 fully saturated rings. The molecule has 0 bridgehead atoms. The van der Waals surface area contributed by atoms with Gasteiger partial charge in [-0.05, 0) is 61.6 Å². The molecule has 3 saturated heterocycles. The zero-order valence-corrected chi connectivity index (χ0v) is 22.3. The van der Waals surface area contributed by atoms with Gasteiger partial charge in [-0.3, -0.25) is 29.8 Å². The van der Waals surface area contributed by atoms with E-state index >= 15 is 0 Å². The van der Waals surface area contributed by atoms with Gasteiger partial charge in [-0.25, -0.2) is 9.59 Å². The first-order chi connectivity index (χ1) is 19.3. The van der Waals surface area contributed by atoms with Crippen molar-refractivity contribution in [3.63, 3.8) is 0 Å². The quantitative estimate of drug-likeness (QED) is 0.391.